The quantitative estimate of drug-likeness (QED) is 0.414. The van der Waals surface area contributed by atoms with Crippen LogP contribution in [0.3, 0.4) is 0 Å². The molecule has 1 N–H and O–H groups in total. The molecule has 0 fully saturated rings. The number of hydrogen-bond acceptors (Lipinski definition) is 5. The van der Waals surface area contributed by atoms with Crippen molar-refractivity contribution in [3.05, 3.63) is 58.6 Å². The van der Waals surface area contributed by atoms with Gasteiger partial charge in [-0.25, -0.2) is 8.42 Å². The molecule has 0 aromatic heterocycles. The number of likely N-dealkylation sites (N-methyl/N-ethyl adjacent to an activating group) is 1. The maximum absolute atomic E-state index is 13.4. The highest BCUT2D eigenvalue weighted by Gasteiger charge is 2.28. The molecule has 0 radical (unpaired) electrons. The Labute approximate surface area is 219 Å². The molecule has 0 aliphatic heterocycles. The van der Waals surface area contributed by atoms with E-state index in [1.807, 2.05) is 45.0 Å². The summed E-state index contributed by atoms with van der Waals surface area (Å²) >= 11 is 6.20. The van der Waals surface area contributed by atoms with Crippen LogP contribution in [0.2, 0.25) is 5.02 Å². The molecular formula is C26H36ClN3O5S. The zero-order chi connectivity index (χ0) is 26.9. The number of rotatable bonds is 13. The molecule has 0 heterocycles. The molecule has 36 heavy (non-hydrogen) atoms. The van der Waals surface area contributed by atoms with Crippen molar-refractivity contribution in [1.82, 2.24) is 10.2 Å². The van der Waals surface area contributed by atoms with Crippen LogP contribution in [0, 0.1) is 6.92 Å². The van der Waals surface area contributed by atoms with Crippen LogP contribution < -0.4 is 14.4 Å². The number of carbonyl (C=O) groups excluding carboxylic acids is 2. The summed E-state index contributed by atoms with van der Waals surface area (Å²) in [6, 6.07) is 11.9. The SMILES string of the molecule is CCNC(=O)[C@@H](CC)N(Cc1cccc(C)c1)C(=O)CCCN(c1ccc(OC)c(Cl)c1)S(C)(=O)=O. The lowest BCUT2D eigenvalue weighted by Gasteiger charge is -2.31. The van der Waals surface area contributed by atoms with Gasteiger partial charge in [0.2, 0.25) is 21.8 Å². The lowest BCUT2D eigenvalue weighted by molar-refractivity contribution is -0.141. The summed E-state index contributed by atoms with van der Waals surface area (Å²) in [6.45, 7) is 6.53. The predicted octanol–water partition coefficient (Wildman–Crippen LogP) is 4.15. The number of methoxy groups -OCH3 is 1. The molecule has 0 unspecified atom stereocenters. The fraction of sp³-hybridized carbons (Fsp3) is 0.462. The van der Waals surface area contributed by atoms with Crippen LogP contribution in [0.5, 0.6) is 5.75 Å². The van der Waals surface area contributed by atoms with Crippen molar-refractivity contribution in [2.45, 2.75) is 52.6 Å². The second-order valence-corrected chi connectivity index (χ2v) is 10.9. The number of carbonyl (C=O) groups is 2. The molecule has 2 rings (SSSR count). The summed E-state index contributed by atoms with van der Waals surface area (Å²) < 4.78 is 31.4. The largest absolute Gasteiger partial charge is 0.495 e. The number of ether oxygens (including phenoxy) is 1. The van der Waals surface area contributed by atoms with Crippen molar-refractivity contribution in [2.24, 2.45) is 0 Å². The van der Waals surface area contributed by atoms with Crippen molar-refractivity contribution in [3.63, 3.8) is 0 Å². The molecule has 1 atom stereocenters. The van der Waals surface area contributed by atoms with E-state index in [1.54, 1.807) is 17.0 Å². The number of nitrogens with zero attached hydrogens (tertiary/aromatic N) is 2. The molecule has 0 aliphatic rings. The van der Waals surface area contributed by atoms with E-state index in [-0.39, 0.29) is 36.2 Å². The Morgan fingerprint density at radius 2 is 1.86 bits per heavy atom. The van der Waals surface area contributed by atoms with Crippen LogP contribution >= 0.6 is 11.6 Å². The van der Waals surface area contributed by atoms with Gasteiger partial charge < -0.3 is 15.0 Å². The fourth-order valence-corrected chi connectivity index (χ4v) is 5.24. The number of anilines is 1. The third kappa shape index (κ3) is 8.13. The third-order valence-electron chi connectivity index (χ3n) is 5.75. The molecule has 8 nitrogen and oxygen atoms in total. The van der Waals surface area contributed by atoms with E-state index in [4.69, 9.17) is 16.3 Å². The minimum atomic E-state index is -3.62. The summed E-state index contributed by atoms with van der Waals surface area (Å²) in [5, 5.41) is 3.10. The summed E-state index contributed by atoms with van der Waals surface area (Å²) in [6.07, 6.45) is 1.92. The minimum Gasteiger partial charge on any atom is -0.495 e. The number of aryl methyl sites for hydroxylation is 1. The van der Waals surface area contributed by atoms with Gasteiger partial charge in [0.05, 0.1) is 24.1 Å². The van der Waals surface area contributed by atoms with E-state index in [9.17, 15) is 18.0 Å². The highest BCUT2D eigenvalue weighted by Crippen LogP contribution is 2.30. The standard InChI is InChI=1S/C26H36ClN3O5S/c1-6-23(26(32)28-7-2)29(18-20-11-8-10-19(3)16-20)25(31)12-9-15-30(36(5,33)34)21-13-14-24(35-4)22(27)17-21/h8,10-11,13-14,16-17,23H,6-7,9,12,15,18H2,1-5H3,(H,28,32)/t23-/m1/s1. The van der Waals surface area contributed by atoms with E-state index in [0.717, 1.165) is 17.4 Å². The molecule has 0 spiro atoms. The van der Waals surface area contributed by atoms with Gasteiger partial charge in [-0.1, -0.05) is 48.4 Å². The summed E-state index contributed by atoms with van der Waals surface area (Å²) in [4.78, 5) is 27.7. The van der Waals surface area contributed by atoms with Crippen molar-refractivity contribution >= 4 is 39.1 Å². The zero-order valence-electron chi connectivity index (χ0n) is 21.6. The Hall–Kier alpha value is -2.78. The average Bonchev–Trinajstić information content (AvgIpc) is 2.81. The Morgan fingerprint density at radius 3 is 2.42 bits per heavy atom. The number of benzene rings is 2. The van der Waals surface area contributed by atoms with Gasteiger partial charge in [-0.15, -0.1) is 0 Å². The lowest BCUT2D eigenvalue weighted by atomic mass is 10.1. The van der Waals surface area contributed by atoms with Gasteiger partial charge in [0.1, 0.15) is 11.8 Å². The zero-order valence-corrected chi connectivity index (χ0v) is 23.2. The highest BCUT2D eigenvalue weighted by molar-refractivity contribution is 7.92. The van der Waals surface area contributed by atoms with Gasteiger partial charge in [0.15, 0.2) is 0 Å². The number of halogens is 1. The van der Waals surface area contributed by atoms with Gasteiger partial charge in [-0.05, 0) is 50.5 Å². The first-order valence-electron chi connectivity index (χ1n) is 12.0. The lowest BCUT2D eigenvalue weighted by Crippen LogP contribution is -2.49. The van der Waals surface area contributed by atoms with E-state index in [0.29, 0.717) is 30.9 Å². The van der Waals surface area contributed by atoms with Crippen LogP contribution in [0.15, 0.2) is 42.5 Å². The van der Waals surface area contributed by atoms with Crippen LogP contribution in [-0.2, 0) is 26.2 Å². The Kier molecular flexibility index (Phi) is 11.0. The van der Waals surface area contributed by atoms with Gasteiger partial charge in [0, 0.05) is 26.1 Å². The number of sulfonamides is 1. The van der Waals surface area contributed by atoms with E-state index in [1.165, 1.54) is 17.5 Å². The molecular weight excluding hydrogens is 502 g/mol. The van der Waals surface area contributed by atoms with E-state index < -0.39 is 16.1 Å². The predicted molar refractivity (Wildman–Crippen MR) is 144 cm³/mol. The summed E-state index contributed by atoms with van der Waals surface area (Å²) in [7, 11) is -2.14. The third-order valence-corrected chi connectivity index (χ3v) is 7.24. The van der Waals surface area contributed by atoms with Gasteiger partial charge in [-0.3, -0.25) is 13.9 Å². The molecule has 10 heteroatoms. The highest BCUT2D eigenvalue weighted by atomic mass is 35.5. The number of hydrogen-bond donors (Lipinski definition) is 1. The van der Waals surface area contributed by atoms with Crippen molar-refractivity contribution in [2.75, 3.05) is 30.8 Å². The first-order valence-corrected chi connectivity index (χ1v) is 14.2. The second kappa shape index (κ2) is 13.5. The number of amides is 2. The molecule has 198 valence electrons. The van der Waals surface area contributed by atoms with Crippen molar-refractivity contribution in [1.29, 1.82) is 0 Å². The molecule has 0 bridgehead atoms. The normalized spacial score (nSPS) is 12.1. The fourth-order valence-electron chi connectivity index (χ4n) is 4.03. The van der Waals surface area contributed by atoms with Crippen LogP contribution in [0.25, 0.3) is 0 Å². The molecule has 2 aromatic rings. The van der Waals surface area contributed by atoms with Gasteiger partial charge >= 0.3 is 0 Å². The maximum Gasteiger partial charge on any atom is 0.242 e. The van der Waals surface area contributed by atoms with E-state index >= 15 is 0 Å². The summed E-state index contributed by atoms with van der Waals surface area (Å²) in [5.74, 6) is 0.0225. The second-order valence-electron chi connectivity index (χ2n) is 8.59. The Bertz CT molecular complexity index is 1160. The van der Waals surface area contributed by atoms with Gasteiger partial charge in [0.25, 0.3) is 0 Å². The van der Waals surface area contributed by atoms with E-state index in [2.05, 4.69) is 5.32 Å². The van der Waals surface area contributed by atoms with Gasteiger partial charge in [-0.2, -0.15) is 0 Å². The van der Waals surface area contributed by atoms with Crippen molar-refractivity contribution in [3.8, 4) is 5.75 Å². The minimum absolute atomic E-state index is 0.0810. The number of nitrogens with one attached hydrogen (secondary N) is 1. The Balaban J connectivity index is 2.22. The summed E-state index contributed by atoms with van der Waals surface area (Å²) in [5.41, 5.74) is 2.38. The first-order chi connectivity index (χ1) is 17.0. The smallest absolute Gasteiger partial charge is 0.242 e. The molecule has 0 saturated carbocycles. The molecule has 0 saturated heterocycles. The van der Waals surface area contributed by atoms with Crippen LogP contribution in [-0.4, -0.2) is 57.6 Å². The van der Waals surface area contributed by atoms with Crippen molar-refractivity contribution < 1.29 is 22.7 Å². The van der Waals surface area contributed by atoms with Crippen LogP contribution in [0.4, 0.5) is 5.69 Å². The maximum atomic E-state index is 13.4. The topological polar surface area (TPSA) is 96.0 Å². The molecule has 2 aromatic carbocycles. The average molecular weight is 538 g/mol. The van der Waals surface area contributed by atoms with Crippen LogP contribution in [0.1, 0.15) is 44.2 Å². The Morgan fingerprint density at radius 1 is 1.14 bits per heavy atom. The first kappa shape index (κ1) is 29.5. The molecule has 0 aliphatic carbocycles. The molecule has 2 amide bonds. The monoisotopic (exact) mass is 537 g/mol.